The normalized spacial score (nSPS) is 14.6. The molecule has 0 aromatic heterocycles. The van der Waals surface area contributed by atoms with Crippen molar-refractivity contribution in [1.29, 1.82) is 0 Å². The van der Waals surface area contributed by atoms with E-state index >= 15 is 0 Å². The minimum atomic E-state index is -3.72. The number of imide groups is 1. The van der Waals surface area contributed by atoms with Crippen LogP contribution in [0.2, 0.25) is 0 Å². The number of nitrogens with zero attached hydrogens (tertiary/aromatic N) is 1. The fourth-order valence-electron chi connectivity index (χ4n) is 3.68. The number of fused-ring (bicyclic) bond motifs is 1. The number of hydrogen-bond donors (Lipinski definition) is 3. The molecule has 0 bridgehead atoms. The van der Waals surface area contributed by atoms with Crippen LogP contribution in [-0.2, 0) is 14.6 Å². The number of benzene rings is 2. The molecule has 2 aromatic carbocycles. The highest BCUT2D eigenvalue weighted by atomic mass is 32.2. The Morgan fingerprint density at radius 1 is 1.15 bits per heavy atom. The highest BCUT2D eigenvalue weighted by Crippen LogP contribution is 2.39. The number of rotatable bonds is 8. The van der Waals surface area contributed by atoms with Gasteiger partial charge in [-0.15, -0.1) is 0 Å². The molecule has 34 heavy (non-hydrogen) atoms. The van der Waals surface area contributed by atoms with Crippen LogP contribution in [0.1, 0.15) is 46.2 Å². The molecular weight excluding hydrogens is 468 g/mol. The van der Waals surface area contributed by atoms with Gasteiger partial charge in [0.15, 0.2) is 11.5 Å². The van der Waals surface area contributed by atoms with Crippen LogP contribution in [0.15, 0.2) is 36.4 Å². The fourth-order valence-corrected chi connectivity index (χ4v) is 4.59. The van der Waals surface area contributed by atoms with Gasteiger partial charge in [0.1, 0.15) is 9.84 Å². The molecule has 0 saturated heterocycles. The van der Waals surface area contributed by atoms with Gasteiger partial charge in [0.25, 0.3) is 11.8 Å². The molecule has 1 aliphatic rings. The molecule has 3 rings (SSSR count). The van der Waals surface area contributed by atoms with Crippen molar-refractivity contribution in [3.05, 3.63) is 53.1 Å². The van der Waals surface area contributed by atoms with Gasteiger partial charge >= 0.3 is 5.97 Å². The molecule has 1 aliphatic heterocycles. The first-order valence-corrected chi connectivity index (χ1v) is 12.1. The lowest BCUT2D eigenvalue weighted by Crippen LogP contribution is -2.38. The first-order valence-electron chi connectivity index (χ1n) is 9.99. The van der Waals surface area contributed by atoms with Gasteiger partial charge in [-0.3, -0.25) is 19.3 Å². The van der Waals surface area contributed by atoms with E-state index in [1.807, 2.05) is 0 Å². The molecule has 0 aliphatic carbocycles. The van der Waals surface area contributed by atoms with Crippen LogP contribution in [0.4, 0.5) is 5.69 Å². The minimum absolute atomic E-state index is 0.0121. The number of anilines is 1. The SMILES string of the molecule is COc1ccc(C(CS(C)(=O)=O)N2C(=O)c3cccc(NC(C)=O)c3C2=O)cc1OC(C)(O)O. The molecule has 12 heteroatoms. The first kappa shape index (κ1) is 25.1. The Balaban J connectivity index is 2.14. The minimum Gasteiger partial charge on any atom is -0.493 e. The van der Waals surface area contributed by atoms with Crippen LogP contribution in [0.3, 0.4) is 0 Å². The average molecular weight is 493 g/mol. The number of carbonyl (C=O) groups excluding carboxylic acids is 3. The largest absolute Gasteiger partial charge is 0.493 e. The van der Waals surface area contributed by atoms with E-state index < -0.39 is 45.3 Å². The van der Waals surface area contributed by atoms with Gasteiger partial charge in [0.05, 0.1) is 35.7 Å². The standard InChI is InChI=1S/C22H24N2O9S/c1-12(25)23-15-7-5-6-14-19(15)21(27)24(20(14)26)16(11-34(4,30)31)13-8-9-17(32-3)18(10-13)33-22(2,28)29/h5-10,16,28-29H,11H2,1-4H3,(H,23,25). The Bertz CT molecular complexity index is 1270. The van der Waals surface area contributed by atoms with Gasteiger partial charge < -0.3 is 25.0 Å². The zero-order valence-corrected chi connectivity index (χ0v) is 19.7. The maximum atomic E-state index is 13.4. The lowest BCUT2D eigenvalue weighted by atomic mass is 10.1. The summed E-state index contributed by atoms with van der Waals surface area (Å²) in [4.78, 5) is 39.0. The van der Waals surface area contributed by atoms with E-state index in [2.05, 4.69) is 5.32 Å². The highest BCUT2D eigenvalue weighted by Gasteiger charge is 2.43. The molecule has 3 N–H and O–H groups in total. The molecule has 3 amide bonds. The van der Waals surface area contributed by atoms with Crippen molar-refractivity contribution in [2.45, 2.75) is 25.9 Å². The van der Waals surface area contributed by atoms with E-state index in [4.69, 9.17) is 9.47 Å². The second-order valence-corrected chi connectivity index (χ2v) is 10.1. The monoisotopic (exact) mass is 492 g/mol. The van der Waals surface area contributed by atoms with Crippen molar-refractivity contribution in [2.24, 2.45) is 0 Å². The summed E-state index contributed by atoms with van der Waals surface area (Å²) in [6.07, 6.45) is 0.959. The molecule has 0 fully saturated rings. The number of amides is 3. The summed E-state index contributed by atoms with van der Waals surface area (Å²) in [7, 11) is -2.41. The molecule has 182 valence electrons. The van der Waals surface area contributed by atoms with Gasteiger partial charge in [-0.25, -0.2) is 8.42 Å². The molecule has 1 heterocycles. The Kier molecular flexibility index (Phi) is 6.69. The van der Waals surface area contributed by atoms with Crippen LogP contribution >= 0.6 is 0 Å². The van der Waals surface area contributed by atoms with E-state index in [9.17, 15) is 33.0 Å². The third-order valence-corrected chi connectivity index (χ3v) is 5.83. The second-order valence-electron chi connectivity index (χ2n) is 7.94. The quantitative estimate of drug-likeness (QED) is 0.362. The van der Waals surface area contributed by atoms with Crippen LogP contribution < -0.4 is 14.8 Å². The Labute approximate surface area is 195 Å². The van der Waals surface area contributed by atoms with Crippen molar-refractivity contribution in [1.82, 2.24) is 4.90 Å². The van der Waals surface area contributed by atoms with E-state index in [0.29, 0.717) is 0 Å². The third kappa shape index (κ3) is 5.35. The molecular formula is C22H24N2O9S. The van der Waals surface area contributed by atoms with Crippen molar-refractivity contribution >= 4 is 33.2 Å². The van der Waals surface area contributed by atoms with Gasteiger partial charge in [0.2, 0.25) is 5.91 Å². The van der Waals surface area contributed by atoms with Gasteiger partial charge in [-0.1, -0.05) is 12.1 Å². The summed E-state index contributed by atoms with van der Waals surface area (Å²) < 4.78 is 34.8. The molecule has 1 atom stereocenters. The maximum Gasteiger partial charge on any atom is 0.318 e. The average Bonchev–Trinajstić information content (AvgIpc) is 2.95. The topological polar surface area (TPSA) is 160 Å². The van der Waals surface area contributed by atoms with E-state index in [-0.39, 0.29) is 33.9 Å². The smallest absolute Gasteiger partial charge is 0.318 e. The van der Waals surface area contributed by atoms with Crippen molar-refractivity contribution in [3.63, 3.8) is 0 Å². The number of nitrogens with one attached hydrogen (secondary N) is 1. The maximum absolute atomic E-state index is 13.4. The highest BCUT2D eigenvalue weighted by molar-refractivity contribution is 7.90. The van der Waals surface area contributed by atoms with E-state index in [1.165, 1.54) is 50.4 Å². The van der Waals surface area contributed by atoms with E-state index in [1.54, 1.807) is 0 Å². The Morgan fingerprint density at radius 3 is 2.38 bits per heavy atom. The number of hydrogen-bond acceptors (Lipinski definition) is 9. The van der Waals surface area contributed by atoms with E-state index in [0.717, 1.165) is 18.1 Å². The van der Waals surface area contributed by atoms with Crippen LogP contribution in [0.5, 0.6) is 11.5 Å². The number of methoxy groups -OCH3 is 1. The number of carbonyl (C=O) groups is 3. The zero-order valence-electron chi connectivity index (χ0n) is 18.9. The second kappa shape index (κ2) is 9.05. The Morgan fingerprint density at radius 2 is 1.82 bits per heavy atom. The number of aliphatic hydroxyl groups is 2. The van der Waals surface area contributed by atoms with Crippen molar-refractivity contribution in [2.75, 3.05) is 24.4 Å². The van der Waals surface area contributed by atoms with Crippen LogP contribution in [-0.4, -0.2) is 66.3 Å². The lowest BCUT2D eigenvalue weighted by molar-refractivity contribution is -0.278. The van der Waals surface area contributed by atoms with Gasteiger partial charge in [0, 0.05) is 20.1 Å². The fraction of sp³-hybridized carbons (Fsp3) is 0.318. The molecule has 11 nitrogen and oxygen atoms in total. The summed E-state index contributed by atoms with van der Waals surface area (Å²) in [6.45, 7) is 2.21. The summed E-state index contributed by atoms with van der Waals surface area (Å²) in [5, 5.41) is 21.8. The molecule has 2 aromatic rings. The Hall–Kier alpha value is -3.48. The van der Waals surface area contributed by atoms with Gasteiger partial charge in [-0.2, -0.15) is 0 Å². The lowest BCUT2D eigenvalue weighted by Gasteiger charge is -2.27. The van der Waals surface area contributed by atoms with Crippen molar-refractivity contribution in [3.8, 4) is 11.5 Å². The number of sulfone groups is 1. The van der Waals surface area contributed by atoms with Crippen molar-refractivity contribution < 1.29 is 42.5 Å². The summed E-state index contributed by atoms with van der Waals surface area (Å²) in [6, 6.07) is 7.15. The van der Waals surface area contributed by atoms with Crippen LogP contribution in [0, 0.1) is 0 Å². The van der Waals surface area contributed by atoms with Gasteiger partial charge in [-0.05, 0) is 29.8 Å². The molecule has 0 radical (unpaired) electrons. The third-order valence-electron chi connectivity index (χ3n) is 4.91. The molecule has 1 unspecified atom stereocenters. The summed E-state index contributed by atoms with van der Waals surface area (Å²) >= 11 is 0. The zero-order chi connectivity index (χ0) is 25.4. The summed E-state index contributed by atoms with van der Waals surface area (Å²) in [5.74, 6) is -5.23. The molecule has 0 saturated carbocycles. The predicted molar refractivity (Wildman–Crippen MR) is 120 cm³/mol. The molecule has 0 spiro atoms. The number of ether oxygens (including phenoxy) is 2. The first-order chi connectivity index (χ1) is 15.7. The predicted octanol–water partition coefficient (Wildman–Crippen LogP) is 1.07. The summed E-state index contributed by atoms with van der Waals surface area (Å²) in [5.41, 5.74) is 0.252. The van der Waals surface area contributed by atoms with Crippen LogP contribution in [0.25, 0.3) is 0 Å².